The smallest absolute Gasteiger partial charge is 0.239 e. The fourth-order valence-corrected chi connectivity index (χ4v) is 4.23. The molecule has 1 aliphatic carbocycles. The first-order valence-electron chi connectivity index (χ1n) is 5.75. The molecule has 2 rings (SSSR count). The molecule has 17 heavy (non-hydrogen) atoms. The molecular formula is C12H19N3OS. The van der Waals surface area contributed by atoms with Crippen LogP contribution in [0.15, 0.2) is 17.1 Å². The summed E-state index contributed by atoms with van der Waals surface area (Å²) in [6.45, 7) is 4.02. The van der Waals surface area contributed by atoms with Crippen molar-refractivity contribution in [3.05, 3.63) is 12.2 Å². The molecule has 0 aromatic heterocycles. The first kappa shape index (κ1) is 12.5. The molecule has 0 bridgehead atoms. The summed E-state index contributed by atoms with van der Waals surface area (Å²) in [5.74, 6) is 0.416. The van der Waals surface area contributed by atoms with Crippen LogP contribution in [0.4, 0.5) is 0 Å². The third-order valence-corrected chi connectivity index (χ3v) is 4.82. The maximum atomic E-state index is 12.3. The quantitative estimate of drug-likeness (QED) is 0.753. The van der Waals surface area contributed by atoms with Gasteiger partial charge < -0.3 is 10.6 Å². The van der Waals surface area contributed by atoms with Gasteiger partial charge in [-0.15, -0.1) is 0 Å². The normalized spacial score (nSPS) is 39.8. The Bertz CT molecular complexity index is 418. The maximum absolute atomic E-state index is 12.3. The summed E-state index contributed by atoms with van der Waals surface area (Å²) < 4.78 is -0.371. The van der Waals surface area contributed by atoms with E-state index in [1.807, 2.05) is 13.0 Å². The van der Waals surface area contributed by atoms with Crippen molar-refractivity contribution < 1.29 is 4.79 Å². The third kappa shape index (κ3) is 1.76. The molecule has 0 unspecified atom stereocenters. The monoisotopic (exact) mass is 253 g/mol. The number of rotatable bonds is 2. The highest BCUT2D eigenvalue weighted by Gasteiger charge is 2.69. The van der Waals surface area contributed by atoms with Crippen molar-refractivity contribution in [2.75, 3.05) is 14.1 Å². The van der Waals surface area contributed by atoms with E-state index in [1.165, 1.54) is 11.8 Å². The van der Waals surface area contributed by atoms with Crippen LogP contribution >= 0.6 is 11.8 Å². The number of carbonyl (C=O) groups is 1. The first-order chi connectivity index (χ1) is 7.85. The van der Waals surface area contributed by atoms with E-state index in [0.29, 0.717) is 5.17 Å². The average Bonchev–Trinajstić information content (AvgIpc) is 2.93. The van der Waals surface area contributed by atoms with Crippen LogP contribution in [-0.4, -0.2) is 40.4 Å². The number of amides is 1. The van der Waals surface area contributed by atoms with E-state index >= 15 is 0 Å². The Balaban J connectivity index is 2.35. The molecular weight excluding hydrogens is 234 g/mol. The topological polar surface area (TPSA) is 58.7 Å². The fraction of sp³-hybridized carbons (Fsp3) is 0.667. The van der Waals surface area contributed by atoms with Gasteiger partial charge in [-0.2, -0.15) is 0 Å². The van der Waals surface area contributed by atoms with Gasteiger partial charge in [-0.3, -0.25) is 9.79 Å². The predicted molar refractivity (Wildman–Crippen MR) is 72.0 cm³/mol. The summed E-state index contributed by atoms with van der Waals surface area (Å²) in [7, 11) is 3.59. The van der Waals surface area contributed by atoms with Gasteiger partial charge in [0.1, 0.15) is 4.75 Å². The zero-order valence-corrected chi connectivity index (χ0v) is 11.5. The molecule has 0 spiro atoms. The Hall–Kier alpha value is -0.970. The van der Waals surface area contributed by atoms with Gasteiger partial charge in [0.05, 0.1) is 5.54 Å². The van der Waals surface area contributed by atoms with Crippen LogP contribution in [0, 0.1) is 5.92 Å². The molecule has 2 N–H and O–H groups in total. The Morgan fingerprint density at radius 2 is 2.29 bits per heavy atom. The number of aliphatic imine (C=N–C) groups is 1. The van der Waals surface area contributed by atoms with Gasteiger partial charge in [-0.05, 0) is 20.3 Å². The van der Waals surface area contributed by atoms with Crippen molar-refractivity contribution in [2.45, 2.75) is 30.6 Å². The second-order valence-electron chi connectivity index (χ2n) is 5.12. The van der Waals surface area contributed by atoms with Crippen LogP contribution in [0.3, 0.4) is 0 Å². The van der Waals surface area contributed by atoms with Crippen molar-refractivity contribution in [2.24, 2.45) is 16.6 Å². The average molecular weight is 253 g/mol. The van der Waals surface area contributed by atoms with E-state index in [4.69, 9.17) is 5.73 Å². The number of allylic oxidation sites excluding steroid dienone is 1. The van der Waals surface area contributed by atoms with Crippen LogP contribution < -0.4 is 5.73 Å². The molecule has 1 amide bonds. The van der Waals surface area contributed by atoms with Crippen molar-refractivity contribution >= 4 is 22.8 Å². The SMILES string of the molecule is C/C=C/[C@@]1(C)N=C(N)S[C@@]2(C(=O)N(C)C)C[C@@H]12. The number of thioether (sulfide) groups is 1. The lowest BCUT2D eigenvalue weighted by molar-refractivity contribution is -0.129. The van der Waals surface area contributed by atoms with E-state index in [0.717, 1.165) is 6.42 Å². The zero-order valence-electron chi connectivity index (χ0n) is 10.7. The Morgan fingerprint density at radius 3 is 2.82 bits per heavy atom. The largest absolute Gasteiger partial charge is 0.378 e. The second-order valence-corrected chi connectivity index (χ2v) is 6.47. The summed E-state index contributed by atoms with van der Waals surface area (Å²) in [6.07, 6.45) is 4.89. The number of fused-ring (bicyclic) bond motifs is 1. The van der Waals surface area contributed by atoms with Gasteiger partial charge in [0, 0.05) is 20.0 Å². The minimum atomic E-state index is -0.371. The van der Waals surface area contributed by atoms with Gasteiger partial charge in [0.15, 0.2) is 5.17 Å². The molecule has 1 aliphatic heterocycles. The third-order valence-electron chi connectivity index (χ3n) is 3.53. The van der Waals surface area contributed by atoms with Gasteiger partial charge in [0.25, 0.3) is 0 Å². The van der Waals surface area contributed by atoms with Gasteiger partial charge in [0.2, 0.25) is 5.91 Å². The highest BCUT2D eigenvalue weighted by Crippen LogP contribution is 2.63. The van der Waals surface area contributed by atoms with Crippen molar-refractivity contribution in [1.29, 1.82) is 0 Å². The Morgan fingerprint density at radius 1 is 1.65 bits per heavy atom. The maximum Gasteiger partial charge on any atom is 0.239 e. The highest BCUT2D eigenvalue weighted by molar-refractivity contribution is 8.15. The number of nitrogens with zero attached hydrogens (tertiary/aromatic N) is 2. The Kier molecular flexibility index (Phi) is 2.77. The van der Waals surface area contributed by atoms with Crippen molar-refractivity contribution in [1.82, 2.24) is 4.90 Å². The van der Waals surface area contributed by atoms with E-state index in [2.05, 4.69) is 18.0 Å². The number of nitrogens with two attached hydrogens (primary N) is 1. The lowest BCUT2D eigenvalue weighted by Crippen LogP contribution is -2.43. The van der Waals surface area contributed by atoms with E-state index in [1.54, 1.807) is 19.0 Å². The van der Waals surface area contributed by atoms with E-state index in [-0.39, 0.29) is 22.1 Å². The molecule has 94 valence electrons. The van der Waals surface area contributed by atoms with Crippen LogP contribution in [0.5, 0.6) is 0 Å². The van der Waals surface area contributed by atoms with E-state index < -0.39 is 0 Å². The standard InChI is InChI=1S/C12H19N3OS/c1-5-6-11(2)8-7-12(8,9(16)15(3)4)17-10(13)14-11/h5-6,8H,7H2,1-4H3,(H2,13,14)/b6-5+/t8-,11+,12-/m0/s1. The van der Waals surface area contributed by atoms with Gasteiger partial charge in [-0.1, -0.05) is 23.9 Å². The minimum absolute atomic E-state index is 0.154. The second kappa shape index (κ2) is 3.77. The lowest BCUT2D eigenvalue weighted by atomic mass is 9.94. The van der Waals surface area contributed by atoms with Gasteiger partial charge >= 0.3 is 0 Å². The molecule has 5 heteroatoms. The molecule has 4 nitrogen and oxygen atoms in total. The highest BCUT2D eigenvalue weighted by atomic mass is 32.2. The summed E-state index contributed by atoms with van der Waals surface area (Å²) in [5, 5.41) is 0.523. The van der Waals surface area contributed by atoms with Crippen LogP contribution in [-0.2, 0) is 4.79 Å². The number of amidine groups is 1. The lowest BCUT2D eigenvalue weighted by Gasteiger charge is -2.31. The minimum Gasteiger partial charge on any atom is -0.378 e. The molecule has 0 saturated heterocycles. The molecule has 1 heterocycles. The van der Waals surface area contributed by atoms with Gasteiger partial charge in [-0.25, -0.2) is 0 Å². The molecule has 3 atom stereocenters. The van der Waals surface area contributed by atoms with Crippen molar-refractivity contribution in [3.63, 3.8) is 0 Å². The van der Waals surface area contributed by atoms with Crippen LogP contribution in [0.2, 0.25) is 0 Å². The number of hydrogen-bond donors (Lipinski definition) is 1. The molecule has 1 fully saturated rings. The van der Waals surface area contributed by atoms with Crippen LogP contribution in [0.25, 0.3) is 0 Å². The van der Waals surface area contributed by atoms with Crippen LogP contribution in [0.1, 0.15) is 20.3 Å². The predicted octanol–water partition coefficient (Wildman–Crippen LogP) is 1.23. The summed E-state index contributed by atoms with van der Waals surface area (Å²) in [4.78, 5) is 18.4. The molecule has 0 radical (unpaired) electrons. The first-order valence-corrected chi connectivity index (χ1v) is 6.57. The van der Waals surface area contributed by atoms with Crippen molar-refractivity contribution in [3.8, 4) is 0 Å². The summed E-state index contributed by atoms with van der Waals surface area (Å²) in [6, 6.07) is 0. The fourth-order valence-electron chi connectivity index (χ4n) is 2.71. The number of hydrogen-bond acceptors (Lipinski definition) is 4. The summed E-state index contributed by atoms with van der Waals surface area (Å²) >= 11 is 1.43. The Labute approximate surface area is 106 Å². The molecule has 1 saturated carbocycles. The molecule has 0 aromatic carbocycles. The number of carbonyl (C=O) groups excluding carboxylic acids is 1. The van der Waals surface area contributed by atoms with E-state index in [9.17, 15) is 4.79 Å². The zero-order chi connectivity index (χ0) is 12.8. The molecule has 2 aliphatic rings. The summed E-state index contributed by atoms with van der Waals surface area (Å²) in [5.41, 5.74) is 5.57. The molecule has 0 aromatic rings.